The lowest BCUT2D eigenvalue weighted by Crippen LogP contribution is -2.38. The molecule has 0 atom stereocenters. The first kappa shape index (κ1) is 21.5. The van der Waals surface area contributed by atoms with Crippen LogP contribution < -0.4 is 9.46 Å². The van der Waals surface area contributed by atoms with E-state index in [4.69, 9.17) is 4.74 Å². The molecule has 1 aliphatic rings. The van der Waals surface area contributed by atoms with Crippen LogP contribution in [0.25, 0.3) is 0 Å². The van der Waals surface area contributed by atoms with Crippen LogP contribution in [0, 0.1) is 5.92 Å². The molecule has 0 bridgehead atoms. The zero-order valence-corrected chi connectivity index (χ0v) is 18.5. The van der Waals surface area contributed by atoms with Crippen molar-refractivity contribution in [3.63, 3.8) is 0 Å². The summed E-state index contributed by atoms with van der Waals surface area (Å²) in [6.07, 6.45) is 3.82. The number of rotatable bonds is 6. The Hall–Kier alpha value is -2.19. The van der Waals surface area contributed by atoms with E-state index in [0.717, 1.165) is 17.7 Å². The molecule has 1 N–H and O–H groups in total. The van der Waals surface area contributed by atoms with Crippen LogP contribution in [0.1, 0.15) is 30.1 Å². The average molecular weight is 435 g/mol. The number of likely N-dealkylation sites (tertiary alicyclic amines) is 1. The summed E-state index contributed by atoms with van der Waals surface area (Å²) in [4.78, 5) is 15.7. The molecule has 8 heteroatoms. The molecule has 0 spiro atoms. The van der Waals surface area contributed by atoms with Gasteiger partial charge in [0.15, 0.2) is 0 Å². The van der Waals surface area contributed by atoms with E-state index in [1.165, 1.54) is 23.9 Å². The molecule has 1 amide bonds. The van der Waals surface area contributed by atoms with E-state index in [2.05, 4.69) is 11.6 Å². The lowest BCUT2D eigenvalue weighted by Gasteiger charge is -2.30. The number of anilines is 1. The molecule has 1 saturated heterocycles. The van der Waals surface area contributed by atoms with E-state index in [9.17, 15) is 13.2 Å². The third-order valence-electron chi connectivity index (χ3n) is 5.12. The number of carbonyl (C=O) groups excluding carboxylic acids is 1. The Bertz CT molecular complexity index is 967. The molecule has 1 heterocycles. The number of benzene rings is 2. The Morgan fingerprint density at radius 3 is 2.38 bits per heavy atom. The van der Waals surface area contributed by atoms with Crippen molar-refractivity contribution < 1.29 is 17.9 Å². The van der Waals surface area contributed by atoms with Crippen molar-refractivity contribution in [3.8, 4) is 5.75 Å². The maximum atomic E-state index is 13.1. The monoisotopic (exact) mass is 434 g/mol. The Morgan fingerprint density at radius 2 is 1.79 bits per heavy atom. The molecule has 3 rings (SSSR count). The molecule has 0 unspecified atom stereocenters. The first-order valence-corrected chi connectivity index (χ1v) is 12.2. The van der Waals surface area contributed by atoms with Gasteiger partial charge in [-0.3, -0.25) is 9.52 Å². The highest BCUT2D eigenvalue weighted by Crippen LogP contribution is 2.28. The number of amides is 1. The molecule has 29 heavy (non-hydrogen) atoms. The largest absolute Gasteiger partial charge is 0.497 e. The first-order chi connectivity index (χ1) is 13.8. The Morgan fingerprint density at radius 1 is 1.14 bits per heavy atom. The number of methoxy groups -OCH3 is 1. The van der Waals surface area contributed by atoms with Gasteiger partial charge in [0.25, 0.3) is 15.9 Å². The molecular formula is C21H26N2O4S2. The Kier molecular flexibility index (Phi) is 6.74. The molecule has 0 saturated carbocycles. The number of carbonyl (C=O) groups is 1. The van der Waals surface area contributed by atoms with E-state index in [0.29, 0.717) is 36.0 Å². The van der Waals surface area contributed by atoms with Crippen molar-refractivity contribution in [2.24, 2.45) is 5.92 Å². The van der Waals surface area contributed by atoms with Crippen molar-refractivity contribution in [1.82, 2.24) is 4.90 Å². The van der Waals surface area contributed by atoms with E-state index in [1.807, 2.05) is 11.2 Å². The fourth-order valence-corrected chi connectivity index (χ4v) is 4.93. The fourth-order valence-electron chi connectivity index (χ4n) is 3.28. The number of sulfonamides is 1. The standard InChI is InChI=1S/C21H26N2O4S2/c1-15-10-12-23(13-11-15)21(24)19-14-18(8-9-20(19)28-3)29(25,26)22-16-4-6-17(27-2)7-5-16/h4-9,14-15,22H,10-13H2,1-3H3. The van der Waals surface area contributed by atoms with E-state index < -0.39 is 10.0 Å². The summed E-state index contributed by atoms with van der Waals surface area (Å²) in [5.41, 5.74) is 0.863. The van der Waals surface area contributed by atoms with Crippen LogP contribution in [-0.4, -0.2) is 45.7 Å². The topological polar surface area (TPSA) is 75.7 Å². The molecule has 2 aromatic carbocycles. The van der Waals surface area contributed by atoms with Gasteiger partial charge in [0.1, 0.15) is 5.75 Å². The van der Waals surface area contributed by atoms with Gasteiger partial charge in [0.05, 0.1) is 17.6 Å². The summed E-state index contributed by atoms with van der Waals surface area (Å²) in [7, 11) is -2.27. The van der Waals surface area contributed by atoms with Crippen LogP contribution >= 0.6 is 11.8 Å². The van der Waals surface area contributed by atoms with Crippen LogP contribution in [0.4, 0.5) is 5.69 Å². The summed E-state index contributed by atoms with van der Waals surface area (Å²) in [5, 5.41) is 0. The summed E-state index contributed by atoms with van der Waals surface area (Å²) in [6, 6.07) is 11.3. The number of piperidine rings is 1. The minimum Gasteiger partial charge on any atom is -0.497 e. The highest BCUT2D eigenvalue weighted by molar-refractivity contribution is 7.98. The van der Waals surface area contributed by atoms with Gasteiger partial charge in [-0.15, -0.1) is 11.8 Å². The molecule has 156 valence electrons. The minimum absolute atomic E-state index is 0.0693. The van der Waals surface area contributed by atoms with Gasteiger partial charge >= 0.3 is 0 Å². The second-order valence-electron chi connectivity index (χ2n) is 7.17. The molecular weight excluding hydrogens is 408 g/mol. The molecule has 1 aliphatic heterocycles. The average Bonchev–Trinajstić information content (AvgIpc) is 2.73. The highest BCUT2D eigenvalue weighted by atomic mass is 32.2. The van der Waals surface area contributed by atoms with Gasteiger partial charge in [-0.05, 0) is 67.5 Å². The zero-order valence-electron chi connectivity index (χ0n) is 16.8. The van der Waals surface area contributed by atoms with Crippen LogP contribution in [-0.2, 0) is 10.0 Å². The zero-order chi connectivity index (χ0) is 21.0. The van der Waals surface area contributed by atoms with Crippen molar-refractivity contribution in [2.75, 3.05) is 31.2 Å². The SMILES string of the molecule is COc1ccc(NS(=O)(=O)c2ccc(SC)c(C(=O)N3CCC(C)CC3)c2)cc1. The quantitative estimate of drug-likeness (QED) is 0.693. The van der Waals surface area contributed by atoms with Crippen molar-refractivity contribution in [1.29, 1.82) is 0 Å². The molecule has 0 radical (unpaired) electrons. The maximum Gasteiger partial charge on any atom is 0.261 e. The highest BCUT2D eigenvalue weighted by Gasteiger charge is 2.25. The van der Waals surface area contributed by atoms with Crippen LogP contribution in [0.5, 0.6) is 5.75 Å². The third-order valence-corrected chi connectivity index (χ3v) is 7.30. The summed E-state index contributed by atoms with van der Waals surface area (Å²) < 4.78 is 33.4. The second kappa shape index (κ2) is 9.09. The molecule has 2 aromatic rings. The Balaban J connectivity index is 1.87. The second-order valence-corrected chi connectivity index (χ2v) is 9.70. The van der Waals surface area contributed by atoms with Crippen LogP contribution in [0.2, 0.25) is 0 Å². The van der Waals surface area contributed by atoms with Crippen LogP contribution in [0.3, 0.4) is 0 Å². The molecule has 1 fully saturated rings. The number of nitrogens with zero attached hydrogens (tertiary/aromatic N) is 1. The number of hydrogen-bond donors (Lipinski definition) is 1. The minimum atomic E-state index is -3.82. The normalized spacial score (nSPS) is 15.2. The first-order valence-electron chi connectivity index (χ1n) is 9.48. The lowest BCUT2D eigenvalue weighted by atomic mass is 9.98. The molecule has 6 nitrogen and oxygen atoms in total. The van der Waals surface area contributed by atoms with Gasteiger partial charge < -0.3 is 9.64 Å². The van der Waals surface area contributed by atoms with Gasteiger partial charge in [0.2, 0.25) is 0 Å². The number of ether oxygens (including phenoxy) is 1. The maximum absolute atomic E-state index is 13.1. The Labute approximate surface area is 176 Å². The van der Waals surface area contributed by atoms with Gasteiger partial charge in [-0.25, -0.2) is 8.42 Å². The van der Waals surface area contributed by atoms with Crippen LogP contribution in [0.15, 0.2) is 52.3 Å². The van der Waals surface area contributed by atoms with Crippen molar-refractivity contribution in [3.05, 3.63) is 48.0 Å². The molecule has 0 aliphatic carbocycles. The number of thioether (sulfide) groups is 1. The molecule has 0 aromatic heterocycles. The number of hydrogen-bond acceptors (Lipinski definition) is 5. The van der Waals surface area contributed by atoms with Crippen molar-refractivity contribution in [2.45, 2.75) is 29.6 Å². The summed E-state index contributed by atoms with van der Waals surface area (Å²) in [6.45, 7) is 3.59. The van der Waals surface area contributed by atoms with E-state index >= 15 is 0 Å². The summed E-state index contributed by atoms with van der Waals surface area (Å²) >= 11 is 1.44. The summed E-state index contributed by atoms with van der Waals surface area (Å²) in [5.74, 6) is 1.14. The van der Waals surface area contributed by atoms with Gasteiger partial charge in [-0.1, -0.05) is 6.92 Å². The predicted molar refractivity (Wildman–Crippen MR) is 116 cm³/mol. The van der Waals surface area contributed by atoms with Crippen molar-refractivity contribution >= 4 is 33.4 Å². The third kappa shape index (κ3) is 5.05. The lowest BCUT2D eigenvalue weighted by molar-refractivity contribution is 0.0693. The van der Waals surface area contributed by atoms with E-state index in [1.54, 1.807) is 37.4 Å². The van der Waals surface area contributed by atoms with Gasteiger partial charge in [-0.2, -0.15) is 0 Å². The smallest absolute Gasteiger partial charge is 0.261 e. The van der Waals surface area contributed by atoms with Gasteiger partial charge in [0, 0.05) is 23.7 Å². The van der Waals surface area contributed by atoms with E-state index in [-0.39, 0.29) is 10.8 Å². The predicted octanol–water partition coefficient (Wildman–Crippen LogP) is 4.09. The fraction of sp³-hybridized carbons (Fsp3) is 0.381. The number of nitrogens with one attached hydrogen (secondary N) is 1.